The van der Waals surface area contributed by atoms with Crippen molar-refractivity contribution in [3.05, 3.63) is 24.3 Å². The third kappa shape index (κ3) is 3.87. The van der Waals surface area contributed by atoms with E-state index in [4.69, 9.17) is 4.74 Å². The van der Waals surface area contributed by atoms with Crippen LogP contribution in [0.5, 0.6) is 5.75 Å². The second-order valence-electron chi connectivity index (χ2n) is 5.92. The molecule has 0 radical (unpaired) electrons. The number of carbonyl (C=O) groups is 1. The van der Waals surface area contributed by atoms with Crippen molar-refractivity contribution < 1.29 is 9.53 Å². The molecule has 24 heavy (non-hydrogen) atoms. The van der Waals surface area contributed by atoms with Gasteiger partial charge in [-0.15, -0.1) is 5.10 Å². The van der Waals surface area contributed by atoms with E-state index in [2.05, 4.69) is 22.4 Å². The summed E-state index contributed by atoms with van der Waals surface area (Å²) in [5.74, 6) is 1.99. The van der Waals surface area contributed by atoms with Crippen molar-refractivity contribution in [2.24, 2.45) is 5.92 Å². The highest BCUT2D eigenvalue weighted by molar-refractivity contribution is 7.99. The van der Waals surface area contributed by atoms with Gasteiger partial charge in [-0.25, -0.2) is 0 Å². The van der Waals surface area contributed by atoms with Gasteiger partial charge in [0, 0.05) is 13.1 Å². The third-order valence-corrected chi connectivity index (χ3v) is 5.12. The maximum atomic E-state index is 12.3. The van der Waals surface area contributed by atoms with E-state index < -0.39 is 0 Å². The molecule has 1 aromatic carbocycles. The molecule has 0 bridgehead atoms. The summed E-state index contributed by atoms with van der Waals surface area (Å²) in [5.41, 5.74) is 0.836. The van der Waals surface area contributed by atoms with Crippen LogP contribution in [-0.2, 0) is 4.79 Å². The van der Waals surface area contributed by atoms with Gasteiger partial charge in [0.1, 0.15) is 5.75 Å². The van der Waals surface area contributed by atoms with E-state index in [0.29, 0.717) is 16.8 Å². The minimum atomic E-state index is 0.149. The summed E-state index contributed by atoms with van der Waals surface area (Å²) >= 11 is 1.37. The van der Waals surface area contributed by atoms with Crippen molar-refractivity contribution in [3.63, 3.8) is 0 Å². The predicted molar refractivity (Wildman–Crippen MR) is 91.4 cm³/mol. The fourth-order valence-electron chi connectivity index (χ4n) is 2.63. The van der Waals surface area contributed by atoms with Gasteiger partial charge in [0.05, 0.1) is 18.6 Å². The van der Waals surface area contributed by atoms with Gasteiger partial charge in [-0.1, -0.05) is 18.7 Å². The minimum Gasteiger partial charge on any atom is -0.497 e. The number of aromatic nitrogens is 4. The molecule has 128 valence electrons. The topological polar surface area (TPSA) is 73.1 Å². The van der Waals surface area contributed by atoms with Crippen LogP contribution in [0.25, 0.3) is 5.69 Å². The number of benzene rings is 1. The second-order valence-corrected chi connectivity index (χ2v) is 6.87. The molecule has 0 unspecified atom stereocenters. The van der Waals surface area contributed by atoms with Gasteiger partial charge >= 0.3 is 0 Å². The Hall–Kier alpha value is -2.09. The van der Waals surface area contributed by atoms with Crippen LogP contribution in [0.2, 0.25) is 0 Å². The van der Waals surface area contributed by atoms with Crippen LogP contribution in [0.15, 0.2) is 29.4 Å². The normalized spacial score (nSPS) is 15.5. The number of rotatable bonds is 5. The lowest BCUT2D eigenvalue weighted by atomic mass is 9.99. The summed E-state index contributed by atoms with van der Waals surface area (Å²) in [6, 6.07) is 7.47. The number of methoxy groups -OCH3 is 1. The number of hydrogen-bond acceptors (Lipinski definition) is 6. The van der Waals surface area contributed by atoms with Crippen LogP contribution >= 0.6 is 11.8 Å². The van der Waals surface area contributed by atoms with E-state index in [1.165, 1.54) is 11.8 Å². The zero-order valence-electron chi connectivity index (χ0n) is 13.9. The summed E-state index contributed by atoms with van der Waals surface area (Å²) in [5, 5.41) is 12.4. The van der Waals surface area contributed by atoms with Gasteiger partial charge in [-0.3, -0.25) is 4.79 Å². The monoisotopic (exact) mass is 347 g/mol. The van der Waals surface area contributed by atoms with Crippen LogP contribution in [0.4, 0.5) is 0 Å². The molecule has 8 heteroatoms. The number of amides is 1. The summed E-state index contributed by atoms with van der Waals surface area (Å²) in [6.07, 6.45) is 2.17. The van der Waals surface area contributed by atoms with E-state index >= 15 is 0 Å². The molecule has 0 aliphatic carbocycles. The molecule has 1 aromatic heterocycles. The summed E-state index contributed by atoms with van der Waals surface area (Å²) in [6.45, 7) is 3.94. The molecule has 2 heterocycles. The number of nitrogens with zero attached hydrogens (tertiary/aromatic N) is 5. The first-order valence-corrected chi connectivity index (χ1v) is 8.99. The predicted octanol–water partition coefficient (Wildman–Crippen LogP) is 2.02. The smallest absolute Gasteiger partial charge is 0.233 e. The first-order valence-electron chi connectivity index (χ1n) is 8.00. The lowest BCUT2D eigenvalue weighted by Gasteiger charge is -2.30. The number of tetrazole rings is 1. The molecule has 1 saturated heterocycles. The quantitative estimate of drug-likeness (QED) is 0.771. The minimum absolute atomic E-state index is 0.149. The molecule has 1 amide bonds. The highest BCUT2D eigenvalue weighted by Crippen LogP contribution is 2.22. The molecule has 7 nitrogen and oxygen atoms in total. The Balaban J connectivity index is 1.62. The standard InChI is InChI=1S/C16H21N5O2S/c1-12-7-9-20(10-8-12)15(22)11-24-16-17-18-19-21(16)13-3-5-14(23-2)6-4-13/h3-6,12H,7-11H2,1-2H3. The van der Waals surface area contributed by atoms with Crippen LogP contribution < -0.4 is 4.74 Å². The molecule has 0 saturated carbocycles. The molecule has 1 aliphatic heterocycles. The lowest BCUT2D eigenvalue weighted by molar-refractivity contribution is -0.129. The van der Waals surface area contributed by atoms with Crippen molar-refractivity contribution in [2.45, 2.75) is 24.9 Å². The molecule has 1 aliphatic rings. The maximum absolute atomic E-state index is 12.3. The van der Waals surface area contributed by atoms with Crippen molar-refractivity contribution in [1.82, 2.24) is 25.1 Å². The van der Waals surface area contributed by atoms with E-state index in [1.807, 2.05) is 29.2 Å². The highest BCUT2D eigenvalue weighted by Gasteiger charge is 2.21. The van der Waals surface area contributed by atoms with Crippen LogP contribution in [0.3, 0.4) is 0 Å². The molecule has 0 spiro atoms. The summed E-state index contributed by atoms with van der Waals surface area (Å²) in [4.78, 5) is 14.3. The van der Waals surface area contributed by atoms with Gasteiger partial charge < -0.3 is 9.64 Å². The first kappa shape index (κ1) is 16.8. The van der Waals surface area contributed by atoms with Crippen LogP contribution in [0, 0.1) is 5.92 Å². The van der Waals surface area contributed by atoms with Crippen molar-refractivity contribution in [1.29, 1.82) is 0 Å². The number of piperidine rings is 1. The van der Waals surface area contributed by atoms with Gasteiger partial charge in [0.2, 0.25) is 11.1 Å². The average molecular weight is 347 g/mol. The molecule has 0 atom stereocenters. The van der Waals surface area contributed by atoms with Crippen molar-refractivity contribution in [2.75, 3.05) is 26.0 Å². The number of ether oxygens (including phenoxy) is 1. The van der Waals surface area contributed by atoms with E-state index in [9.17, 15) is 4.79 Å². The molecule has 1 fully saturated rings. The summed E-state index contributed by atoms with van der Waals surface area (Å²) in [7, 11) is 1.63. The SMILES string of the molecule is COc1ccc(-n2nnnc2SCC(=O)N2CCC(C)CC2)cc1. The average Bonchev–Trinajstić information content (AvgIpc) is 3.09. The first-order chi connectivity index (χ1) is 11.7. The molecule has 2 aromatic rings. The van der Waals surface area contributed by atoms with Crippen molar-refractivity contribution in [3.8, 4) is 11.4 Å². The fraction of sp³-hybridized carbons (Fsp3) is 0.500. The Morgan fingerprint density at radius 3 is 2.67 bits per heavy atom. The number of carbonyl (C=O) groups excluding carboxylic acids is 1. The zero-order chi connectivity index (χ0) is 16.9. The second kappa shape index (κ2) is 7.65. The van der Waals surface area contributed by atoms with Gasteiger partial charge in [0.25, 0.3) is 0 Å². The number of hydrogen-bond donors (Lipinski definition) is 0. The van der Waals surface area contributed by atoms with E-state index in [1.54, 1.807) is 11.8 Å². The lowest BCUT2D eigenvalue weighted by Crippen LogP contribution is -2.38. The van der Waals surface area contributed by atoms with E-state index in [-0.39, 0.29) is 5.91 Å². The zero-order valence-corrected chi connectivity index (χ0v) is 14.7. The van der Waals surface area contributed by atoms with Crippen LogP contribution in [0.1, 0.15) is 19.8 Å². The Labute approximate surface area is 145 Å². The fourth-order valence-corrected chi connectivity index (χ4v) is 3.42. The number of thioether (sulfide) groups is 1. The molecule has 0 N–H and O–H groups in total. The highest BCUT2D eigenvalue weighted by atomic mass is 32.2. The Morgan fingerprint density at radius 1 is 1.29 bits per heavy atom. The molecular weight excluding hydrogens is 326 g/mol. The Kier molecular flexibility index (Phi) is 5.34. The molecular formula is C16H21N5O2S. The Bertz CT molecular complexity index is 680. The number of likely N-dealkylation sites (tertiary alicyclic amines) is 1. The summed E-state index contributed by atoms with van der Waals surface area (Å²) < 4.78 is 6.79. The molecule has 3 rings (SSSR count). The van der Waals surface area contributed by atoms with Gasteiger partial charge in [-0.05, 0) is 53.5 Å². The maximum Gasteiger partial charge on any atom is 0.233 e. The van der Waals surface area contributed by atoms with Crippen LogP contribution in [-0.4, -0.2) is 57.0 Å². The van der Waals surface area contributed by atoms with Crippen molar-refractivity contribution >= 4 is 17.7 Å². The third-order valence-electron chi connectivity index (χ3n) is 4.22. The largest absolute Gasteiger partial charge is 0.497 e. The Morgan fingerprint density at radius 2 is 2.00 bits per heavy atom. The van der Waals surface area contributed by atoms with Gasteiger partial charge in [-0.2, -0.15) is 4.68 Å². The van der Waals surface area contributed by atoms with Gasteiger partial charge in [0.15, 0.2) is 0 Å². The van der Waals surface area contributed by atoms with E-state index in [0.717, 1.165) is 37.4 Å².